The molecule has 3 rings (SSSR count). The Morgan fingerprint density at radius 2 is 2.05 bits per heavy atom. The summed E-state index contributed by atoms with van der Waals surface area (Å²) >= 11 is 0. The Kier molecular flexibility index (Phi) is 3.91. The number of urea groups is 1. The van der Waals surface area contributed by atoms with Gasteiger partial charge in [-0.3, -0.25) is 5.32 Å². The highest BCUT2D eigenvalue weighted by atomic mass is 16.5. The smallest absolute Gasteiger partial charge is 0.321 e. The Bertz CT molecular complexity index is 783. The lowest BCUT2D eigenvalue weighted by molar-refractivity contribution is 0.254. The van der Waals surface area contributed by atoms with Crippen molar-refractivity contribution >= 4 is 23.0 Å². The van der Waals surface area contributed by atoms with Crippen molar-refractivity contribution in [2.24, 2.45) is 0 Å². The van der Waals surface area contributed by atoms with Gasteiger partial charge in [0.25, 0.3) is 0 Å². The molecule has 0 atom stereocenters. The predicted molar refractivity (Wildman–Crippen MR) is 84.9 cm³/mol. The molecule has 0 saturated carbocycles. The molecule has 0 aliphatic carbocycles. The normalized spacial score (nSPS) is 10.4. The molecule has 0 unspecified atom stereocenters. The highest BCUT2D eigenvalue weighted by molar-refractivity contribution is 5.89. The van der Waals surface area contributed by atoms with E-state index in [4.69, 9.17) is 4.74 Å². The van der Waals surface area contributed by atoms with Gasteiger partial charge in [0.15, 0.2) is 0 Å². The van der Waals surface area contributed by atoms with Crippen molar-refractivity contribution in [2.75, 3.05) is 12.4 Å². The number of amides is 2. The van der Waals surface area contributed by atoms with Crippen LogP contribution in [0.4, 0.5) is 10.7 Å². The Morgan fingerprint density at radius 1 is 1.23 bits per heavy atom. The summed E-state index contributed by atoms with van der Waals surface area (Å²) in [6, 6.07) is 15.2. The molecule has 0 aliphatic rings. The lowest BCUT2D eigenvalue weighted by Gasteiger charge is -2.05. The maximum absolute atomic E-state index is 11.3. The van der Waals surface area contributed by atoms with Crippen LogP contribution in [0.5, 0.6) is 5.75 Å². The number of H-pyrrole nitrogens is 1. The zero-order valence-electron chi connectivity index (χ0n) is 12.1. The Labute approximate surface area is 127 Å². The van der Waals surface area contributed by atoms with E-state index in [2.05, 4.69) is 20.6 Å². The Morgan fingerprint density at radius 3 is 2.82 bits per heavy atom. The fourth-order valence-corrected chi connectivity index (χ4v) is 2.05. The average Bonchev–Trinajstić information content (AvgIpc) is 2.95. The molecule has 0 saturated heterocycles. The molecular weight excluding hydrogens is 280 g/mol. The number of hydrogen-bond acceptors (Lipinski definition) is 3. The van der Waals surface area contributed by atoms with E-state index in [-0.39, 0.29) is 6.03 Å². The predicted octanol–water partition coefficient (Wildman–Crippen LogP) is 2.89. The largest absolute Gasteiger partial charge is 0.489 e. The van der Waals surface area contributed by atoms with Crippen molar-refractivity contribution in [2.45, 2.75) is 6.61 Å². The van der Waals surface area contributed by atoms with Gasteiger partial charge in [-0.2, -0.15) is 0 Å². The second-order valence-corrected chi connectivity index (χ2v) is 4.74. The number of nitrogens with zero attached hydrogens (tertiary/aromatic N) is 1. The van der Waals surface area contributed by atoms with Gasteiger partial charge in [0.05, 0.1) is 11.0 Å². The van der Waals surface area contributed by atoms with E-state index in [0.717, 1.165) is 22.3 Å². The fraction of sp³-hybridized carbons (Fsp3) is 0.125. The minimum atomic E-state index is -0.320. The Hall–Kier alpha value is -3.02. The summed E-state index contributed by atoms with van der Waals surface area (Å²) in [5.41, 5.74) is 2.67. The SMILES string of the molecule is CNC(=O)Nc1nc2ccc(OCc3ccccc3)cc2[nH]1. The second kappa shape index (κ2) is 6.17. The lowest BCUT2D eigenvalue weighted by Crippen LogP contribution is -2.24. The Balaban J connectivity index is 1.73. The van der Waals surface area contributed by atoms with E-state index in [1.165, 1.54) is 0 Å². The summed E-state index contributed by atoms with van der Waals surface area (Å²) in [5, 5.41) is 5.07. The van der Waals surface area contributed by atoms with Gasteiger partial charge in [-0.1, -0.05) is 30.3 Å². The number of imidazole rings is 1. The lowest BCUT2D eigenvalue weighted by atomic mass is 10.2. The first-order valence-corrected chi connectivity index (χ1v) is 6.90. The molecule has 1 aromatic heterocycles. The molecule has 6 heteroatoms. The zero-order valence-corrected chi connectivity index (χ0v) is 12.1. The first kappa shape index (κ1) is 13.9. The quantitative estimate of drug-likeness (QED) is 0.692. The van der Waals surface area contributed by atoms with Crippen LogP contribution in [0.1, 0.15) is 5.56 Å². The molecule has 112 valence electrons. The summed E-state index contributed by atoms with van der Waals surface area (Å²) < 4.78 is 5.76. The van der Waals surface area contributed by atoms with Crippen molar-refractivity contribution in [1.82, 2.24) is 15.3 Å². The molecule has 22 heavy (non-hydrogen) atoms. The molecule has 0 fully saturated rings. The van der Waals surface area contributed by atoms with Crippen molar-refractivity contribution in [3.63, 3.8) is 0 Å². The second-order valence-electron chi connectivity index (χ2n) is 4.74. The van der Waals surface area contributed by atoms with Gasteiger partial charge in [-0.05, 0) is 17.7 Å². The number of carbonyl (C=O) groups is 1. The molecular formula is C16H16N4O2. The van der Waals surface area contributed by atoms with E-state index in [9.17, 15) is 4.79 Å². The standard InChI is InChI=1S/C16H16N4O2/c1-17-16(21)20-15-18-13-8-7-12(9-14(13)19-15)22-10-11-5-3-2-4-6-11/h2-9H,10H2,1H3,(H3,17,18,19,20,21). The number of carbonyl (C=O) groups excluding carboxylic acids is 1. The van der Waals surface area contributed by atoms with Crippen LogP contribution in [0.25, 0.3) is 11.0 Å². The van der Waals surface area contributed by atoms with E-state index < -0.39 is 0 Å². The number of nitrogens with one attached hydrogen (secondary N) is 3. The van der Waals surface area contributed by atoms with E-state index >= 15 is 0 Å². The molecule has 3 N–H and O–H groups in total. The van der Waals surface area contributed by atoms with Crippen LogP contribution in [0, 0.1) is 0 Å². The number of hydrogen-bond donors (Lipinski definition) is 3. The first-order chi connectivity index (χ1) is 10.7. The molecule has 6 nitrogen and oxygen atoms in total. The van der Waals surface area contributed by atoms with Gasteiger partial charge >= 0.3 is 6.03 Å². The van der Waals surface area contributed by atoms with Crippen LogP contribution in [0.2, 0.25) is 0 Å². The van der Waals surface area contributed by atoms with Crippen LogP contribution in [0.15, 0.2) is 48.5 Å². The average molecular weight is 296 g/mol. The van der Waals surface area contributed by atoms with Gasteiger partial charge < -0.3 is 15.0 Å². The van der Waals surface area contributed by atoms with Crippen molar-refractivity contribution in [1.29, 1.82) is 0 Å². The minimum absolute atomic E-state index is 0.320. The van der Waals surface area contributed by atoms with Crippen molar-refractivity contribution in [3.8, 4) is 5.75 Å². The summed E-state index contributed by atoms with van der Waals surface area (Å²) in [5.74, 6) is 1.14. The van der Waals surface area contributed by atoms with Crippen LogP contribution in [-0.4, -0.2) is 23.0 Å². The third-order valence-corrected chi connectivity index (χ3v) is 3.16. The van der Waals surface area contributed by atoms with Gasteiger partial charge in [0.2, 0.25) is 5.95 Å². The van der Waals surface area contributed by atoms with E-state index in [1.54, 1.807) is 7.05 Å². The molecule has 2 amide bonds. The number of ether oxygens (including phenoxy) is 1. The maximum atomic E-state index is 11.3. The number of aromatic amines is 1. The fourth-order valence-electron chi connectivity index (χ4n) is 2.05. The summed E-state index contributed by atoms with van der Waals surface area (Å²) in [6.07, 6.45) is 0. The topological polar surface area (TPSA) is 79.0 Å². The first-order valence-electron chi connectivity index (χ1n) is 6.90. The third kappa shape index (κ3) is 3.17. The van der Waals surface area contributed by atoms with Gasteiger partial charge in [0, 0.05) is 13.1 Å². The maximum Gasteiger partial charge on any atom is 0.321 e. The van der Waals surface area contributed by atoms with Gasteiger partial charge in [-0.25, -0.2) is 9.78 Å². The van der Waals surface area contributed by atoms with Crippen LogP contribution in [0.3, 0.4) is 0 Å². The highest BCUT2D eigenvalue weighted by Crippen LogP contribution is 2.21. The van der Waals surface area contributed by atoms with Crippen LogP contribution in [-0.2, 0) is 6.61 Å². The molecule has 0 radical (unpaired) electrons. The summed E-state index contributed by atoms with van der Waals surface area (Å²) in [4.78, 5) is 18.6. The van der Waals surface area contributed by atoms with Crippen molar-refractivity contribution in [3.05, 3.63) is 54.1 Å². The summed E-state index contributed by atoms with van der Waals surface area (Å²) in [6.45, 7) is 0.504. The zero-order chi connectivity index (χ0) is 15.4. The number of aromatic nitrogens is 2. The third-order valence-electron chi connectivity index (χ3n) is 3.16. The summed E-state index contributed by atoms with van der Waals surface area (Å²) in [7, 11) is 1.55. The molecule has 1 heterocycles. The number of benzene rings is 2. The molecule has 2 aromatic carbocycles. The number of rotatable bonds is 4. The minimum Gasteiger partial charge on any atom is -0.489 e. The van der Waals surface area contributed by atoms with E-state index in [0.29, 0.717) is 12.6 Å². The van der Waals surface area contributed by atoms with Crippen molar-refractivity contribution < 1.29 is 9.53 Å². The number of fused-ring (bicyclic) bond motifs is 1. The molecule has 0 aliphatic heterocycles. The van der Waals surface area contributed by atoms with Crippen LogP contribution < -0.4 is 15.4 Å². The number of anilines is 1. The molecule has 0 bridgehead atoms. The molecule has 3 aromatic rings. The van der Waals surface area contributed by atoms with E-state index in [1.807, 2.05) is 48.5 Å². The highest BCUT2D eigenvalue weighted by Gasteiger charge is 2.06. The monoisotopic (exact) mass is 296 g/mol. The van der Waals surface area contributed by atoms with Gasteiger partial charge in [0.1, 0.15) is 12.4 Å². The van der Waals surface area contributed by atoms with Gasteiger partial charge in [-0.15, -0.1) is 0 Å². The van der Waals surface area contributed by atoms with Crippen LogP contribution >= 0.6 is 0 Å². The molecule has 0 spiro atoms.